The molecule has 5 aliphatic rings. The molecule has 9 unspecified atom stereocenters. The van der Waals surface area contributed by atoms with Gasteiger partial charge in [0.2, 0.25) is 35.3 Å². The summed E-state index contributed by atoms with van der Waals surface area (Å²) in [5.41, 5.74) is 0.750. The van der Waals surface area contributed by atoms with Crippen LogP contribution in [-0.4, -0.2) is 370 Å². The van der Waals surface area contributed by atoms with E-state index in [1.807, 2.05) is 0 Å². The van der Waals surface area contributed by atoms with Crippen LogP contribution in [0, 0.1) is 0 Å². The number of benzene rings is 1. The number of hydrogen-bond acceptors (Lipinski definition) is 40. The van der Waals surface area contributed by atoms with E-state index in [1.165, 1.54) is 38.6 Å². The standard InChI is InChI=1S/C74H115N8O40P/c1-7-38(111-51(95)9-3)25-49(93)78-56-66(117-53(97)11-5)60(101)45(34-110-71-57(79-50(94)26-39(8-2)112-52(96)10-4)68(118-54(98)12-6)65(44(33-86)114-71)122-123(105,106)107)116-70(56)108-22-20-75-46(90)18-19-47(91)76-28-37-29-82(81-80-37)21-23-109-72-62(103)61(102)64(43(32-85)115-72)119-73-63(104)69(59(100)42(31-84)113-73)121-74(35-87)27-40(88)55(67(120-74)58(99)41(89)30-83)77-48(92)24-36-16-14-13-15-17-36/h13-17,29,35,38-45,55-73,83-86,88-89,99-104H,7-12,18-28,30-34H2,1-6H3,(H,75,90)(H,76,91)(H,77,92)(H,78,93)(H,79,94)(H2,105,106,107)/t38-,39-,40-,41-,42?,43?,44?,45?,55-,56?,57+,58-,59+,60-,61?,62+,63+,64-,65-,66-,67?,68?,69?,70-,71-,72-,73+,74+/m1/s1. The second-order valence-corrected chi connectivity index (χ2v) is 30.5. The predicted molar refractivity (Wildman–Crippen MR) is 404 cm³/mol. The van der Waals surface area contributed by atoms with Crippen LogP contribution in [0.2, 0.25) is 0 Å². The van der Waals surface area contributed by atoms with E-state index in [1.54, 1.807) is 44.2 Å². The molecule has 2 aromatic rings. The zero-order chi connectivity index (χ0) is 90.6. The molecular formula is C74H115N8O40P. The van der Waals surface area contributed by atoms with Crippen molar-refractivity contribution in [1.82, 2.24) is 41.6 Å². The summed E-state index contributed by atoms with van der Waals surface area (Å²) in [6.45, 7) is 2.70. The summed E-state index contributed by atoms with van der Waals surface area (Å²) in [6, 6.07) is 3.35. The first-order chi connectivity index (χ1) is 58.5. The van der Waals surface area contributed by atoms with Gasteiger partial charge in [-0.25, -0.2) is 9.25 Å². The highest BCUT2D eigenvalue weighted by Gasteiger charge is 2.59. The van der Waals surface area contributed by atoms with Gasteiger partial charge in [0, 0.05) is 51.5 Å². The summed E-state index contributed by atoms with van der Waals surface area (Å²) in [5, 5.41) is 153. The summed E-state index contributed by atoms with van der Waals surface area (Å²) in [5.74, 6) is -9.65. The molecule has 28 atom stereocenters. The maximum absolute atomic E-state index is 13.9. The summed E-state index contributed by atoms with van der Waals surface area (Å²) in [7, 11) is -5.52. The Kier molecular flexibility index (Phi) is 41.3. The largest absolute Gasteiger partial charge is 0.470 e. The van der Waals surface area contributed by atoms with Crippen LogP contribution in [0.4, 0.5) is 0 Å². The number of nitrogens with one attached hydrogen (secondary N) is 5. The molecule has 0 aliphatic carbocycles. The molecule has 7 rings (SSSR count). The van der Waals surface area contributed by atoms with Gasteiger partial charge in [-0.05, 0) is 18.4 Å². The second kappa shape index (κ2) is 49.6. The second-order valence-electron chi connectivity index (χ2n) is 29.3. The van der Waals surface area contributed by atoms with Crippen LogP contribution in [0.5, 0.6) is 0 Å². The Balaban J connectivity index is 0.937. The van der Waals surface area contributed by atoms with E-state index in [9.17, 15) is 124 Å². The summed E-state index contributed by atoms with van der Waals surface area (Å²) < 4.78 is 99.8. The van der Waals surface area contributed by atoms with Crippen molar-refractivity contribution >= 4 is 67.5 Å². The first-order valence-corrected chi connectivity index (χ1v) is 41.7. The number of ether oxygens (including phenoxy) is 14. The first kappa shape index (κ1) is 103. The van der Waals surface area contributed by atoms with Crippen molar-refractivity contribution in [2.45, 2.75) is 303 Å². The van der Waals surface area contributed by atoms with E-state index in [0.717, 1.165) is 0 Å². The molecule has 5 saturated heterocycles. The molecule has 5 amide bonds. The minimum atomic E-state index is -5.52. The summed E-state index contributed by atoms with van der Waals surface area (Å²) >= 11 is 0. The average molecular weight is 1790 g/mol. The van der Waals surface area contributed by atoms with Crippen molar-refractivity contribution in [3.05, 3.63) is 47.8 Å². The van der Waals surface area contributed by atoms with Crippen LogP contribution in [0.25, 0.3) is 0 Å². The van der Waals surface area contributed by atoms with E-state index in [4.69, 9.17) is 70.8 Å². The Morgan fingerprint density at radius 3 is 1.68 bits per heavy atom. The van der Waals surface area contributed by atoms with E-state index >= 15 is 0 Å². The molecule has 48 nitrogen and oxygen atoms in total. The van der Waals surface area contributed by atoms with E-state index in [-0.39, 0.29) is 89.6 Å². The third-order valence-corrected chi connectivity index (χ3v) is 20.8. The highest BCUT2D eigenvalue weighted by atomic mass is 31.2. The molecule has 6 heterocycles. The number of hydrogen-bond donors (Lipinski definition) is 19. The maximum Gasteiger partial charge on any atom is 0.470 e. The Bertz CT molecular complexity index is 3740. The van der Waals surface area contributed by atoms with Crippen molar-refractivity contribution in [2.75, 3.05) is 52.8 Å². The number of aldehydes is 1. The normalized spacial score (nSPS) is 31.3. The lowest BCUT2D eigenvalue weighted by Gasteiger charge is -2.50. The molecule has 5 fully saturated rings. The third kappa shape index (κ3) is 29.8. The fourth-order valence-electron chi connectivity index (χ4n) is 13.7. The average Bonchev–Trinajstić information content (AvgIpc) is 0.770. The van der Waals surface area contributed by atoms with Crippen LogP contribution in [-0.2, 0) is 143 Å². The Labute approximate surface area is 704 Å². The molecule has 19 N–H and O–H groups in total. The molecule has 49 heteroatoms. The summed E-state index contributed by atoms with van der Waals surface area (Å²) in [6.07, 6.45) is -45.7. The smallest absolute Gasteiger partial charge is 0.462 e. The van der Waals surface area contributed by atoms with E-state index in [0.29, 0.717) is 5.56 Å². The fraction of sp³-hybridized carbons (Fsp3) is 0.757. The molecule has 1 aromatic heterocycles. The Hall–Kier alpha value is -7.51. The lowest BCUT2D eigenvalue weighted by molar-refractivity contribution is -0.382. The Morgan fingerprint density at radius 2 is 1.11 bits per heavy atom. The van der Waals surface area contributed by atoms with Crippen LogP contribution in [0.15, 0.2) is 36.5 Å². The van der Waals surface area contributed by atoms with Crippen LogP contribution in [0.3, 0.4) is 0 Å². The highest BCUT2D eigenvalue weighted by Crippen LogP contribution is 2.43. The van der Waals surface area contributed by atoms with Crippen molar-refractivity contribution in [3.8, 4) is 0 Å². The number of rotatable bonds is 48. The van der Waals surface area contributed by atoms with Gasteiger partial charge in [0.15, 0.2) is 43.7 Å². The number of aromatic nitrogens is 3. The predicted octanol–water partition coefficient (Wildman–Crippen LogP) is -7.89. The van der Waals surface area contributed by atoms with Crippen molar-refractivity contribution in [2.24, 2.45) is 0 Å². The minimum absolute atomic E-state index is 0.00915. The molecule has 0 bridgehead atoms. The number of aliphatic hydroxyl groups is 12. The van der Waals surface area contributed by atoms with Gasteiger partial charge in [0.25, 0.3) is 0 Å². The number of amides is 5. The Morgan fingerprint density at radius 1 is 0.585 bits per heavy atom. The molecular weight excluding hydrogens is 1670 g/mol. The number of carbonyl (C=O) groups excluding carboxylic acids is 10. The molecule has 0 saturated carbocycles. The maximum atomic E-state index is 13.9. The number of esters is 4. The number of aliphatic hydroxyl groups excluding tert-OH is 12. The molecule has 696 valence electrons. The summed E-state index contributed by atoms with van der Waals surface area (Å²) in [4.78, 5) is 151. The fourth-order valence-corrected chi connectivity index (χ4v) is 14.2. The van der Waals surface area contributed by atoms with Gasteiger partial charge >= 0.3 is 31.7 Å². The SMILES string of the molecule is CCC(=O)OC1[C@H](OP(=O)(O)O)C(CO)O[C@@H](OCC2O[C@@H](OCCNC(=O)CCC(=O)NCc3cn(CCO[C@@H]4OC(CO)[C@@H](O[C@@H]5OC(CO)[C@H](O)C(O[C@]6(C=O)C[C@@H](O)[C@@H](NC(=O)Cc7ccccc7)C([C@H](O)[C@H](O)CO)O6)[C@@H]5O)C(O)[C@@H]4O)nn3)C(NC(=O)C[C@@H](CC)OC(=O)CC)[C@@H](OC(=O)CC)[C@@H]2O)[C@H]1NC(=O)C[C@@H](CC)OC(=O)CC. The number of phosphoric acid groups is 1. The zero-order valence-electron chi connectivity index (χ0n) is 68.4. The van der Waals surface area contributed by atoms with Gasteiger partial charge in [-0.3, -0.25) is 52.5 Å². The van der Waals surface area contributed by atoms with Gasteiger partial charge in [-0.2, -0.15) is 0 Å². The van der Waals surface area contributed by atoms with Gasteiger partial charge in [-0.15, -0.1) is 5.10 Å². The van der Waals surface area contributed by atoms with Gasteiger partial charge in [0.05, 0.1) is 96.9 Å². The van der Waals surface area contributed by atoms with Crippen LogP contribution < -0.4 is 26.6 Å². The van der Waals surface area contributed by atoms with Crippen molar-refractivity contribution in [3.63, 3.8) is 0 Å². The molecule has 1 aromatic carbocycles. The lowest BCUT2D eigenvalue weighted by Crippen LogP contribution is -2.69. The van der Waals surface area contributed by atoms with E-state index < -0.39 is 298 Å². The van der Waals surface area contributed by atoms with Crippen molar-refractivity contribution in [1.29, 1.82) is 0 Å². The third-order valence-electron chi connectivity index (χ3n) is 20.3. The molecule has 0 radical (unpaired) electrons. The van der Waals surface area contributed by atoms with Crippen molar-refractivity contribution < 1.29 is 194 Å². The lowest BCUT2D eigenvalue weighted by atomic mass is 9.88. The quantitative estimate of drug-likeness (QED) is 0.00962. The van der Waals surface area contributed by atoms with Gasteiger partial charge in [-0.1, -0.05) is 77.1 Å². The van der Waals surface area contributed by atoms with Gasteiger partial charge < -0.3 is 164 Å². The first-order valence-electron chi connectivity index (χ1n) is 40.2. The number of phosphoric ester groups is 1. The monoisotopic (exact) mass is 1790 g/mol. The molecule has 0 spiro atoms. The molecule has 123 heavy (non-hydrogen) atoms. The van der Waals surface area contributed by atoms with E-state index in [2.05, 4.69) is 36.9 Å². The minimum Gasteiger partial charge on any atom is -0.462 e. The topological polar surface area (TPSA) is 700 Å². The molecule has 5 aliphatic heterocycles. The van der Waals surface area contributed by atoms with Crippen LogP contribution in [0.1, 0.15) is 123 Å². The highest BCUT2D eigenvalue weighted by molar-refractivity contribution is 7.46. The number of carbonyl (C=O) groups is 10. The zero-order valence-corrected chi connectivity index (χ0v) is 69.2. The number of nitrogens with zero attached hydrogens (tertiary/aromatic N) is 3. The van der Waals surface area contributed by atoms with Gasteiger partial charge in [0.1, 0.15) is 122 Å². The van der Waals surface area contributed by atoms with Crippen LogP contribution >= 0.6 is 7.82 Å².